The first-order valence-corrected chi connectivity index (χ1v) is 7.30. The normalized spacial score (nSPS) is 13.1. The van der Waals surface area contributed by atoms with E-state index in [4.69, 9.17) is 9.78 Å². The van der Waals surface area contributed by atoms with Crippen LogP contribution in [0.4, 0.5) is 4.79 Å². The standard InChI is InChI=1S/C14H28O6/c1-6-9-10-12(7-2)11-16-17-13(15)18-20-19-14(4,5)8-3/h12H,6-11H2,1-5H3. The molecule has 0 bridgehead atoms. The second kappa shape index (κ2) is 10.9. The maximum absolute atomic E-state index is 11.1. The average Bonchev–Trinajstić information content (AvgIpc) is 2.42. The summed E-state index contributed by atoms with van der Waals surface area (Å²) in [6.45, 7) is 10.1. The smallest absolute Gasteiger partial charge is 0.257 e. The number of rotatable bonds is 11. The van der Waals surface area contributed by atoms with Gasteiger partial charge >= 0.3 is 6.16 Å². The Morgan fingerprint density at radius 2 is 1.85 bits per heavy atom. The van der Waals surface area contributed by atoms with Gasteiger partial charge in [0.1, 0.15) is 5.60 Å². The van der Waals surface area contributed by atoms with Crippen molar-refractivity contribution in [2.24, 2.45) is 5.92 Å². The van der Waals surface area contributed by atoms with E-state index in [-0.39, 0.29) is 0 Å². The molecule has 0 N–H and O–H groups in total. The summed E-state index contributed by atoms with van der Waals surface area (Å²) in [7, 11) is 0. The molecule has 0 aromatic carbocycles. The van der Waals surface area contributed by atoms with Crippen LogP contribution in [0.1, 0.15) is 66.7 Å². The minimum atomic E-state index is -1.08. The van der Waals surface area contributed by atoms with E-state index in [1.165, 1.54) is 0 Å². The molecule has 0 heterocycles. The van der Waals surface area contributed by atoms with Crippen molar-refractivity contribution >= 4 is 6.16 Å². The fraction of sp³-hybridized carbons (Fsp3) is 0.929. The first-order valence-electron chi connectivity index (χ1n) is 7.30. The second-order valence-electron chi connectivity index (χ2n) is 5.38. The third-order valence-corrected chi connectivity index (χ3v) is 3.19. The molecule has 0 saturated heterocycles. The Morgan fingerprint density at radius 3 is 2.40 bits per heavy atom. The molecule has 1 atom stereocenters. The van der Waals surface area contributed by atoms with Crippen molar-refractivity contribution in [3.63, 3.8) is 0 Å². The lowest BCUT2D eigenvalue weighted by Gasteiger charge is -2.19. The summed E-state index contributed by atoms with van der Waals surface area (Å²) in [5.41, 5.74) is -0.533. The summed E-state index contributed by atoms with van der Waals surface area (Å²) < 4.78 is 0. The second-order valence-corrected chi connectivity index (χ2v) is 5.38. The van der Waals surface area contributed by atoms with Crippen molar-refractivity contribution in [2.75, 3.05) is 6.61 Å². The van der Waals surface area contributed by atoms with Gasteiger partial charge in [0.05, 0.1) is 6.61 Å². The van der Waals surface area contributed by atoms with E-state index < -0.39 is 11.8 Å². The van der Waals surface area contributed by atoms with Crippen LogP contribution < -0.4 is 0 Å². The molecule has 0 radical (unpaired) electrons. The zero-order valence-electron chi connectivity index (χ0n) is 13.3. The fourth-order valence-corrected chi connectivity index (χ4v) is 1.29. The largest absolute Gasteiger partial charge is 0.575 e. The minimum Gasteiger partial charge on any atom is -0.257 e. The van der Waals surface area contributed by atoms with Crippen molar-refractivity contribution in [1.82, 2.24) is 0 Å². The van der Waals surface area contributed by atoms with Gasteiger partial charge in [0.25, 0.3) is 0 Å². The quantitative estimate of drug-likeness (QED) is 0.417. The van der Waals surface area contributed by atoms with Crippen molar-refractivity contribution < 1.29 is 29.4 Å². The number of hydrogen-bond acceptors (Lipinski definition) is 6. The summed E-state index contributed by atoms with van der Waals surface area (Å²) in [4.78, 5) is 29.5. The molecule has 0 aromatic heterocycles. The van der Waals surface area contributed by atoms with E-state index in [1.54, 1.807) is 13.8 Å². The predicted octanol–water partition coefficient (Wildman–Crippen LogP) is 4.34. The number of hydrogen-bond donors (Lipinski definition) is 0. The number of carbonyl (C=O) groups excluding carboxylic acids is 1. The lowest BCUT2D eigenvalue weighted by molar-refractivity contribution is -0.523. The van der Waals surface area contributed by atoms with Crippen LogP contribution in [0.15, 0.2) is 0 Å². The Kier molecular flexibility index (Phi) is 10.4. The van der Waals surface area contributed by atoms with Gasteiger partial charge in [-0.25, -0.2) is 4.89 Å². The average molecular weight is 292 g/mol. The molecular weight excluding hydrogens is 264 g/mol. The molecular formula is C14H28O6. The zero-order chi connectivity index (χ0) is 15.4. The van der Waals surface area contributed by atoms with Crippen LogP contribution in [0.2, 0.25) is 0 Å². The molecule has 0 rings (SSSR count). The topological polar surface area (TPSA) is 63.2 Å². The first-order chi connectivity index (χ1) is 9.45. The van der Waals surface area contributed by atoms with Gasteiger partial charge < -0.3 is 0 Å². The van der Waals surface area contributed by atoms with Crippen LogP contribution in [-0.2, 0) is 24.6 Å². The Morgan fingerprint density at radius 1 is 1.15 bits per heavy atom. The van der Waals surface area contributed by atoms with Crippen LogP contribution >= 0.6 is 0 Å². The molecule has 0 aromatic rings. The Balaban J connectivity index is 3.67. The van der Waals surface area contributed by atoms with Crippen LogP contribution in [0.3, 0.4) is 0 Å². The number of carbonyl (C=O) groups is 1. The lowest BCUT2D eigenvalue weighted by atomic mass is 10.0. The molecule has 20 heavy (non-hydrogen) atoms. The monoisotopic (exact) mass is 292 g/mol. The summed E-state index contributed by atoms with van der Waals surface area (Å²) >= 11 is 0. The van der Waals surface area contributed by atoms with E-state index in [2.05, 4.69) is 28.7 Å². The summed E-state index contributed by atoms with van der Waals surface area (Å²) in [6, 6.07) is 0. The highest BCUT2D eigenvalue weighted by atomic mass is 17.5. The van der Waals surface area contributed by atoms with E-state index in [0.717, 1.165) is 25.7 Å². The molecule has 0 aliphatic heterocycles. The fourth-order valence-electron chi connectivity index (χ4n) is 1.29. The lowest BCUT2D eigenvalue weighted by Crippen LogP contribution is -2.24. The molecule has 6 nitrogen and oxygen atoms in total. The van der Waals surface area contributed by atoms with E-state index >= 15 is 0 Å². The third-order valence-electron chi connectivity index (χ3n) is 3.19. The van der Waals surface area contributed by atoms with Crippen molar-refractivity contribution in [2.45, 2.75) is 72.3 Å². The molecule has 0 amide bonds. The van der Waals surface area contributed by atoms with Gasteiger partial charge in [-0.1, -0.05) is 40.0 Å². The van der Waals surface area contributed by atoms with Gasteiger partial charge in [0.2, 0.25) is 0 Å². The Hall–Kier alpha value is -0.850. The van der Waals surface area contributed by atoms with Crippen molar-refractivity contribution in [3.8, 4) is 0 Å². The zero-order valence-corrected chi connectivity index (χ0v) is 13.3. The molecule has 0 saturated carbocycles. The van der Waals surface area contributed by atoms with Gasteiger partial charge in [-0.15, -0.1) is 0 Å². The van der Waals surface area contributed by atoms with Crippen LogP contribution in [0, 0.1) is 5.92 Å². The first kappa shape index (κ1) is 19.1. The Bertz CT molecular complexity index is 254. The summed E-state index contributed by atoms with van der Waals surface area (Å²) in [5.74, 6) is 0.374. The van der Waals surface area contributed by atoms with Crippen LogP contribution in [-0.4, -0.2) is 18.4 Å². The summed E-state index contributed by atoms with van der Waals surface area (Å²) in [6.07, 6.45) is 3.92. The van der Waals surface area contributed by atoms with Gasteiger partial charge in [-0.3, -0.25) is 4.89 Å². The minimum absolute atomic E-state index is 0.354. The third kappa shape index (κ3) is 10.00. The maximum atomic E-state index is 11.1. The van der Waals surface area contributed by atoms with Crippen LogP contribution in [0.25, 0.3) is 0 Å². The van der Waals surface area contributed by atoms with Crippen molar-refractivity contribution in [3.05, 3.63) is 0 Å². The maximum Gasteiger partial charge on any atom is 0.575 e. The van der Waals surface area contributed by atoms with Gasteiger partial charge in [-0.2, -0.15) is 14.6 Å². The van der Waals surface area contributed by atoms with E-state index in [1.807, 2.05) is 6.92 Å². The van der Waals surface area contributed by atoms with Gasteiger partial charge in [0, 0.05) is 0 Å². The predicted molar refractivity (Wildman–Crippen MR) is 73.4 cm³/mol. The highest BCUT2D eigenvalue weighted by Gasteiger charge is 2.19. The van der Waals surface area contributed by atoms with E-state index in [0.29, 0.717) is 18.9 Å². The molecule has 0 fully saturated rings. The molecule has 0 spiro atoms. The highest BCUT2D eigenvalue weighted by molar-refractivity contribution is 5.57. The Labute approximate surface area is 121 Å². The summed E-state index contributed by atoms with van der Waals surface area (Å²) in [5, 5.41) is 4.35. The highest BCUT2D eigenvalue weighted by Crippen LogP contribution is 2.15. The molecule has 0 aliphatic rings. The van der Waals surface area contributed by atoms with E-state index in [9.17, 15) is 4.79 Å². The molecule has 120 valence electrons. The van der Waals surface area contributed by atoms with Crippen LogP contribution in [0.5, 0.6) is 0 Å². The SMILES string of the molecule is CCCCC(CC)COOC(=O)OOOC(C)(C)CC. The molecule has 6 heteroatoms. The van der Waals surface area contributed by atoms with Crippen molar-refractivity contribution in [1.29, 1.82) is 0 Å². The van der Waals surface area contributed by atoms with Gasteiger partial charge in [0.15, 0.2) is 0 Å². The molecule has 0 aliphatic carbocycles. The number of unbranched alkanes of at least 4 members (excludes halogenated alkanes) is 1. The molecule has 1 unspecified atom stereocenters. The van der Waals surface area contributed by atoms with Gasteiger partial charge in [-0.05, 0) is 37.6 Å².